The lowest BCUT2D eigenvalue weighted by Gasteiger charge is -2.12. The van der Waals surface area contributed by atoms with Crippen molar-refractivity contribution in [1.82, 2.24) is 4.98 Å². The van der Waals surface area contributed by atoms with Gasteiger partial charge in [0.05, 0.1) is 16.1 Å². The molecule has 21 heavy (non-hydrogen) atoms. The fraction of sp³-hybridized carbons (Fsp3) is 0.143. The third-order valence-corrected chi connectivity index (χ3v) is 3.05. The molecule has 0 bridgehead atoms. The molecule has 0 aliphatic rings. The first-order valence-corrected chi connectivity index (χ1v) is 6.13. The number of pyridine rings is 1. The fourth-order valence-electron chi connectivity index (χ4n) is 1.95. The fourth-order valence-corrected chi connectivity index (χ4v) is 1.95. The summed E-state index contributed by atoms with van der Waals surface area (Å²) in [6, 6.07) is 6.25. The zero-order valence-electron chi connectivity index (χ0n) is 11.6. The van der Waals surface area contributed by atoms with Crippen molar-refractivity contribution in [2.45, 2.75) is 13.8 Å². The van der Waals surface area contributed by atoms with E-state index in [4.69, 9.17) is 15.9 Å². The monoisotopic (exact) mass is 286 g/mol. The van der Waals surface area contributed by atoms with Crippen molar-refractivity contribution >= 4 is 11.5 Å². The van der Waals surface area contributed by atoms with Crippen LogP contribution in [0.4, 0.5) is 5.69 Å². The van der Waals surface area contributed by atoms with E-state index in [2.05, 4.69) is 4.98 Å². The second-order valence-electron chi connectivity index (χ2n) is 4.48. The van der Waals surface area contributed by atoms with Gasteiger partial charge < -0.3 is 10.5 Å². The first-order valence-electron chi connectivity index (χ1n) is 6.13. The number of hydrogen-bond acceptors (Lipinski definition) is 5. The quantitative estimate of drug-likeness (QED) is 0.388. The van der Waals surface area contributed by atoms with Crippen LogP contribution in [-0.4, -0.2) is 15.7 Å². The van der Waals surface area contributed by atoms with Gasteiger partial charge in [-0.25, -0.2) is 4.98 Å². The number of hydrogen-bond donors (Lipinski definition) is 2. The van der Waals surface area contributed by atoms with Gasteiger partial charge in [0.15, 0.2) is 0 Å². The molecule has 1 aromatic heterocycles. The molecule has 0 radical (unpaired) electrons. The second-order valence-corrected chi connectivity index (χ2v) is 4.48. The lowest BCUT2D eigenvalue weighted by Crippen LogP contribution is -2.15. The number of benzene rings is 1. The predicted octanol–water partition coefficient (Wildman–Crippen LogP) is 2.68. The van der Waals surface area contributed by atoms with Gasteiger partial charge in [0.25, 0.3) is 5.69 Å². The summed E-state index contributed by atoms with van der Waals surface area (Å²) in [5.41, 5.74) is 7.02. The number of nitro benzene ring substituents is 1. The van der Waals surface area contributed by atoms with E-state index in [1.807, 2.05) is 0 Å². The molecule has 2 rings (SSSR count). The third kappa shape index (κ3) is 2.81. The van der Waals surface area contributed by atoms with Crippen molar-refractivity contribution in [2.75, 3.05) is 0 Å². The average molecular weight is 286 g/mol. The number of nitrogens with two attached hydrogens (primary N) is 1. The minimum Gasteiger partial charge on any atom is -0.438 e. The number of aromatic nitrogens is 1. The van der Waals surface area contributed by atoms with Crippen LogP contribution in [0.5, 0.6) is 11.6 Å². The number of nitro groups is 1. The van der Waals surface area contributed by atoms with E-state index in [0.29, 0.717) is 16.9 Å². The number of rotatable bonds is 4. The molecular weight excluding hydrogens is 272 g/mol. The molecule has 0 saturated carbocycles. The second kappa shape index (κ2) is 5.58. The highest BCUT2D eigenvalue weighted by Gasteiger charge is 2.17. The molecule has 0 amide bonds. The van der Waals surface area contributed by atoms with Gasteiger partial charge in [0.2, 0.25) is 5.88 Å². The van der Waals surface area contributed by atoms with Gasteiger partial charge in [-0.2, -0.15) is 0 Å². The van der Waals surface area contributed by atoms with E-state index in [-0.39, 0.29) is 17.4 Å². The summed E-state index contributed by atoms with van der Waals surface area (Å²) in [6.07, 6.45) is 1.53. The summed E-state index contributed by atoms with van der Waals surface area (Å²) >= 11 is 0. The van der Waals surface area contributed by atoms with Gasteiger partial charge in [-0.15, -0.1) is 0 Å². The molecule has 7 nitrogen and oxygen atoms in total. The smallest absolute Gasteiger partial charge is 0.276 e. The standard InChI is InChI=1S/C14H14N4O3/c1-8-6-7-17-14(12(8)13(15)16)21-11-5-3-4-10(9(11)2)18(19)20/h3-7H,1-2H3,(H3,15,16). The van der Waals surface area contributed by atoms with Crippen LogP contribution < -0.4 is 10.5 Å². The third-order valence-electron chi connectivity index (χ3n) is 3.05. The molecule has 2 aromatic rings. The van der Waals surface area contributed by atoms with E-state index < -0.39 is 4.92 Å². The van der Waals surface area contributed by atoms with Gasteiger partial charge in [-0.3, -0.25) is 15.5 Å². The molecule has 0 saturated heterocycles. The van der Waals surface area contributed by atoms with Crippen molar-refractivity contribution in [1.29, 1.82) is 5.41 Å². The van der Waals surface area contributed by atoms with Gasteiger partial charge in [-0.05, 0) is 31.5 Å². The molecule has 108 valence electrons. The lowest BCUT2D eigenvalue weighted by atomic mass is 10.1. The Hall–Kier alpha value is -2.96. The Morgan fingerprint density at radius 1 is 1.38 bits per heavy atom. The van der Waals surface area contributed by atoms with Gasteiger partial charge in [0, 0.05) is 12.3 Å². The molecular formula is C14H14N4O3. The number of amidine groups is 1. The van der Waals surface area contributed by atoms with Crippen LogP contribution in [0.3, 0.4) is 0 Å². The van der Waals surface area contributed by atoms with Crippen LogP contribution in [0.15, 0.2) is 30.5 Å². The van der Waals surface area contributed by atoms with E-state index in [1.54, 1.807) is 26.0 Å². The van der Waals surface area contributed by atoms with Crippen molar-refractivity contribution in [2.24, 2.45) is 5.73 Å². The highest BCUT2D eigenvalue weighted by Crippen LogP contribution is 2.32. The zero-order valence-corrected chi connectivity index (χ0v) is 11.6. The van der Waals surface area contributed by atoms with Crippen molar-refractivity contribution in [3.05, 3.63) is 57.3 Å². The molecule has 7 heteroatoms. The topological polar surface area (TPSA) is 115 Å². The van der Waals surface area contributed by atoms with Crippen LogP contribution in [-0.2, 0) is 0 Å². The minimum atomic E-state index is -0.474. The van der Waals surface area contributed by atoms with E-state index in [0.717, 1.165) is 5.56 Å². The molecule has 3 N–H and O–H groups in total. The molecule has 0 aliphatic carbocycles. The SMILES string of the molecule is Cc1ccnc(Oc2cccc([N+](=O)[O-])c2C)c1C(=N)N. The van der Waals surface area contributed by atoms with E-state index in [1.165, 1.54) is 18.3 Å². The van der Waals surface area contributed by atoms with E-state index in [9.17, 15) is 10.1 Å². The van der Waals surface area contributed by atoms with Crippen LogP contribution in [0.2, 0.25) is 0 Å². The van der Waals surface area contributed by atoms with Crippen LogP contribution in [0.1, 0.15) is 16.7 Å². The van der Waals surface area contributed by atoms with Gasteiger partial charge in [-0.1, -0.05) is 6.07 Å². The highest BCUT2D eigenvalue weighted by atomic mass is 16.6. The Kier molecular flexibility index (Phi) is 3.84. The summed E-state index contributed by atoms with van der Waals surface area (Å²) in [5.74, 6) is 0.301. The largest absolute Gasteiger partial charge is 0.438 e. The molecule has 0 spiro atoms. The lowest BCUT2D eigenvalue weighted by molar-refractivity contribution is -0.385. The zero-order chi connectivity index (χ0) is 15.6. The predicted molar refractivity (Wildman–Crippen MR) is 77.9 cm³/mol. The summed E-state index contributed by atoms with van der Waals surface area (Å²) < 4.78 is 5.64. The Labute approximate surface area is 121 Å². The minimum absolute atomic E-state index is 0.0375. The number of nitrogen functional groups attached to an aromatic ring is 1. The van der Waals surface area contributed by atoms with Crippen molar-refractivity contribution in [3.63, 3.8) is 0 Å². The normalized spacial score (nSPS) is 10.2. The number of nitrogens with zero attached hydrogens (tertiary/aromatic N) is 2. The summed E-state index contributed by atoms with van der Waals surface area (Å²) in [5, 5.41) is 18.5. The highest BCUT2D eigenvalue weighted by molar-refractivity contribution is 5.98. The van der Waals surface area contributed by atoms with Crippen molar-refractivity contribution in [3.8, 4) is 11.6 Å². The average Bonchev–Trinajstić information content (AvgIpc) is 2.40. The molecule has 1 aromatic carbocycles. The van der Waals surface area contributed by atoms with Crippen LogP contribution >= 0.6 is 0 Å². The number of aryl methyl sites for hydroxylation is 1. The van der Waals surface area contributed by atoms with Gasteiger partial charge in [0.1, 0.15) is 11.6 Å². The maximum Gasteiger partial charge on any atom is 0.276 e. The maximum atomic E-state index is 10.9. The first kappa shape index (κ1) is 14.4. The van der Waals surface area contributed by atoms with Gasteiger partial charge >= 0.3 is 0 Å². The Bertz CT molecular complexity index is 728. The maximum absolute atomic E-state index is 10.9. The molecule has 1 heterocycles. The summed E-state index contributed by atoms with van der Waals surface area (Å²) in [6.45, 7) is 3.38. The summed E-state index contributed by atoms with van der Waals surface area (Å²) in [4.78, 5) is 14.5. The van der Waals surface area contributed by atoms with Crippen LogP contribution in [0.25, 0.3) is 0 Å². The molecule has 0 fully saturated rings. The number of ether oxygens (including phenoxy) is 1. The number of nitrogens with one attached hydrogen (secondary N) is 1. The molecule has 0 aliphatic heterocycles. The van der Waals surface area contributed by atoms with E-state index >= 15 is 0 Å². The van der Waals surface area contributed by atoms with Crippen molar-refractivity contribution < 1.29 is 9.66 Å². The molecule has 0 atom stereocenters. The Balaban J connectivity index is 2.49. The first-order chi connectivity index (χ1) is 9.91. The Morgan fingerprint density at radius 2 is 2.10 bits per heavy atom. The summed E-state index contributed by atoms with van der Waals surface area (Å²) in [7, 11) is 0. The van der Waals surface area contributed by atoms with Crippen LogP contribution in [0, 0.1) is 29.4 Å². The Morgan fingerprint density at radius 3 is 2.71 bits per heavy atom. The molecule has 0 unspecified atom stereocenters.